The third-order valence-electron chi connectivity index (χ3n) is 7.57. The first-order chi connectivity index (χ1) is 20.1. The third kappa shape index (κ3) is 6.35. The Bertz CT molecular complexity index is 1390. The predicted molar refractivity (Wildman–Crippen MR) is 165 cm³/mol. The summed E-state index contributed by atoms with van der Waals surface area (Å²) in [4.78, 5) is 20.0. The standard InChI is InChI=1S/C31H39BrFN5O4/c1-7-41-25-17-21-18-38(30(35-32)26(21)27(33)29(25)42-8-2)19-24(39)20-15-22(31(3,4)5)28(40-6)23(16-20)37-13-11-36(10-9-34)12-14-37/h15-17H,7-8,10-14,18-19H2,1-6H3/b35-30-. The lowest BCUT2D eigenvalue weighted by atomic mass is 9.84. The molecule has 11 heteroatoms. The second-order valence-corrected chi connectivity index (χ2v) is 11.7. The van der Waals surface area contributed by atoms with Gasteiger partial charge in [0.1, 0.15) is 11.6 Å². The summed E-state index contributed by atoms with van der Waals surface area (Å²) in [6.07, 6.45) is 0. The SMILES string of the molecule is CCOc1cc2c(c(F)c1OCC)/C(=N/Br)N(CC(=O)c1cc(N3CCN(CC#N)CC3)c(OC)c(C(C)(C)C)c1)C2. The van der Waals surface area contributed by atoms with E-state index in [2.05, 4.69) is 56.8 Å². The first kappa shape index (κ1) is 31.6. The fourth-order valence-electron chi connectivity index (χ4n) is 5.52. The monoisotopic (exact) mass is 643 g/mol. The Kier molecular flexibility index (Phi) is 10.00. The Labute approximate surface area is 256 Å². The van der Waals surface area contributed by atoms with E-state index in [1.807, 2.05) is 19.1 Å². The van der Waals surface area contributed by atoms with Crippen molar-refractivity contribution in [1.29, 1.82) is 5.26 Å². The lowest BCUT2D eigenvalue weighted by molar-refractivity contribution is 0.0963. The number of carbonyl (C=O) groups excluding carboxylic acids is 1. The zero-order valence-electron chi connectivity index (χ0n) is 25.2. The first-order valence-corrected chi connectivity index (χ1v) is 14.9. The Balaban J connectivity index is 1.68. The average Bonchev–Trinajstić information content (AvgIpc) is 3.31. The quantitative estimate of drug-likeness (QED) is 0.254. The molecule has 2 aliphatic heterocycles. The molecule has 0 spiro atoms. The van der Waals surface area contributed by atoms with E-state index in [1.165, 1.54) is 0 Å². The number of hydrogen-bond donors (Lipinski definition) is 0. The highest BCUT2D eigenvalue weighted by molar-refractivity contribution is 9.08. The molecule has 0 N–H and O–H groups in total. The summed E-state index contributed by atoms with van der Waals surface area (Å²) >= 11 is 3.16. The minimum absolute atomic E-state index is 0.00219. The molecule has 0 aromatic heterocycles. The van der Waals surface area contributed by atoms with Gasteiger partial charge in [0.15, 0.2) is 23.1 Å². The lowest BCUT2D eigenvalue weighted by Gasteiger charge is -2.37. The molecule has 2 aliphatic rings. The van der Waals surface area contributed by atoms with E-state index in [4.69, 9.17) is 19.5 Å². The Morgan fingerprint density at radius 1 is 1.10 bits per heavy atom. The number of nitrogens with zero attached hydrogens (tertiary/aromatic N) is 5. The van der Waals surface area contributed by atoms with Gasteiger partial charge in [-0.1, -0.05) is 20.8 Å². The van der Waals surface area contributed by atoms with Gasteiger partial charge in [0.25, 0.3) is 0 Å². The van der Waals surface area contributed by atoms with E-state index in [0.717, 1.165) is 30.1 Å². The summed E-state index contributed by atoms with van der Waals surface area (Å²) in [5, 5.41) is 9.10. The van der Waals surface area contributed by atoms with Crippen LogP contribution in [0.5, 0.6) is 17.2 Å². The molecule has 0 atom stereocenters. The van der Waals surface area contributed by atoms with Gasteiger partial charge in [-0.2, -0.15) is 9.28 Å². The summed E-state index contributed by atoms with van der Waals surface area (Å²) in [6, 6.07) is 7.79. The van der Waals surface area contributed by atoms with Crippen molar-refractivity contribution in [3.8, 4) is 23.3 Å². The number of fused-ring (bicyclic) bond motifs is 1. The van der Waals surface area contributed by atoms with Gasteiger partial charge >= 0.3 is 0 Å². The van der Waals surface area contributed by atoms with Crippen molar-refractivity contribution in [1.82, 2.24) is 9.80 Å². The number of piperazine rings is 1. The zero-order valence-corrected chi connectivity index (χ0v) is 26.8. The van der Waals surface area contributed by atoms with E-state index in [-0.39, 0.29) is 30.1 Å². The zero-order chi connectivity index (χ0) is 30.6. The molecule has 0 radical (unpaired) electrons. The van der Waals surface area contributed by atoms with Crippen LogP contribution in [0.3, 0.4) is 0 Å². The largest absolute Gasteiger partial charge is 0.494 e. The maximum Gasteiger partial charge on any atom is 0.197 e. The van der Waals surface area contributed by atoms with Crippen LogP contribution in [-0.4, -0.2) is 81.0 Å². The number of halogens is 2. The number of Topliss-reactive ketones (excluding diaryl/α,β-unsaturated/α-hetero) is 1. The second-order valence-electron chi connectivity index (χ2n) is 11.4. The fraction of sp³-hybridized carbons (Fsp3) is 0.516. The number of anilines is 1. The van der Waals surface area contributed by atoms with E-state index < -0.39 is 5.82 Å². The molecule has 2 aromatic carbocycles. The van der Waals surface area contributed by atoms with E-state index in [1.54, 1.807) is 25.0 Å². The van der Waals surface area contributed by atoms with Crippen molar-refractivity contribution in [2.75, 3.05) is 64.5 Å². The molecule has 0 bridgehead atoms. The van der Waals surface area contributed by atoms with Gasteiger partial charge < -0.3 is 24.0 Å². The molecule has 42 heavy (non-hydrogen) atoms. The molecule has 0 amide bonds. The van der Waals surface area contributed by atoms with Gasteiger partial charge in [-0.3, -0.25) is 9.69 Å². The van der Waals surface area contributed by atoms with Gasteiger partial charge in [0, 0.05) is 43.9 Å². The molecule has 1 fully saturated rings. The van der Waals surface area contributed by atoms with E-state index >= 15 is 4.39 Å². The maximum absolute atomic E-state index is 15.8. The summed E-state index contributed by atoms with van der Waals surface area (Å²) in [7, 11) is 1.66. The van der Waals surface area contributed by atoms with Gasteiger partial charge in [-0.05, 0) is 43.0 Å². The van der Waals surface area contributed by atoms with Gasteiger partial charge in [-0.25, -0.2) is 4.39 Å². The number of rotatable bonds is 10. The molecule has 0 saturated carbocycles. The number of amidine groups is 1. The average molecular weight is 645 g/mol. The number of ketones is 1. The normalized spacial score (nSPS) is 16.4. The number of hydrogen-bond acceptors (Lipinski definition) is 8. The number of nitriles is 1. The number of ether oxygens (including phenoxy) is 3. The number of methoxy groups -OCH3 is 1. The first-order valence-electron chi connectivity index (χ1n) is 14.2. The van der Waals surface area contributed by atoms with Crippen molar-refractivity contribution in [2.24, 2.45) is 4.02 Å². The van der Waals surface area contributed by atoms with Crippen LogP contribution in [0.4, 0.5) is 10.1 Å². The molecule has 1 saturated heterocycles. The third-order valence-corrected chi connectivity index (χ3v) is 7.90. The Morgan fingerprint density at radius 3 is 2.36 bits per heavy atom. The minimum Gasteiger partial charge on any atom is -0.494 e. The van der Waals surface area contributed by atoms with Crippen molar-refractivity contribution < 1.29 is 23.4 Å². The van der Waals surface area contributed by atoms with Crippen molar-refractivity contribution in [2.45, 2.75) is 46.6 Å². The van der Waals surface area contributed by atoms with Gasteiger partial charge in [0.05, 0.1) is 66.9 Å². The predicted octanol–water partition coefficient (Wildman–Crippen LogP) is 5.33. The Morgan fingerprint density at radius 2 is 1.79 bits per heavy atom. The lowest BCUT2D eigenvalue weighted by Crippen LogP contribution is -2.46. The van der Waals surface area contributed by atoms with Crippen molar-refractivity contribution in [3.63, 3.8) is 0 Å². The summed E-state index contributed by atoms with van der Waals surface area (Å²) in [5.74, 6) is 0.788. The molecular formula is C31H39BrFN5O4. The molecule has 4 rings (SSSR count). The van der Waals surface area contributed by atoms with Crippen LogP contribution in [0.15, 0.2) is 22.2 Å². The topological polar surface area (TPSA) is 90.6 Å². The van der Waals surface area contributed by atoms with Gasteiger partial charge in [-0.15, -0.1) is 0 Å². The second kappa shape index (κ2) is 13.3. The van der Waals surface area contributed by atoms with Crippen LogP contribution in [0.25, 0.3) is 0 Å². The van der Waals surface area contributed by atoms with Crippen LogP contribution in [0.1, 0.15) is 61.7 Å². The molecule has 226 valence electrons. The highest BCUT2D eigenvalue weighted by Gasteiger charge is 2.35. The molecular weight excluding hydrogens is 605 g/mol. The smallest absolute Gasteiger partial charge is 0.197 e. The number of carbonyl (C=O) groups is 1. The van der Waals surface area contributed by atoms with E-state index in [0.29, 0.717) is 61.1 Å². The molecule has 2 aromatic rings. The summed E-state index contributed by atoms with van der Waals surface area (Å²) < 4.78 is 37.2. The van der Waals surface area contributed by atoms with Crippen molar-refractivity contribution >= 4 is 33.5 Å². The summed E-state index contributed by atoms with van der Waals surface area (Å²) in [5.41, 5.74) is 3.01. The summed E-state index contributed by atoms with van der Waals surface area (Å²) in [6.45, 7) is 14.1. The van der Waals surface area contributed by atoms with Crippen LogP contribution in [0.2, 0.25) is 0 Å². The van der Waals surface area contributed by atoms with Gasteiger partial charge in [0.2, 0.25) is 0 Å². The molecule has 0 unspecified atom stereocenters. The minimum atomic E-state index is -0.553. The van der Waals surface area contributed by atoms with Crippen LogP contribution < -0.4 is 19.1 Å². The van der Waals surface area contributed by atoms with Crippen LogP contribution in [-0.2, 0) is 12.0 Å². The maximum atomic E-state index is 15.8. The molecule has 9 nitrogen and oxygen atoms in total. The Hall–Kier alpha value is -3.36. The number of benzene rings is 2. The van der Waals surface area contributed by atoms with Crippen LogP contribution in [0, 0.1) is 17.1 Å². The highest BCUT2D eigenvalue weighted by Crippen LogP contribution is 2.42. The van der Waals surface area contributed by atoms with Crippen LogP contribution >= 0.6 is 16.1 Å². The molecule has 0 aliphatic carbocycles. The molecule has 2 heterocycles. The fourth-order valence-corrected chi connectivity index (χ4v) is 5.93. The van der Waals surface area contributed by atoms with Crippen molar-refractivity contribution in [3.05, 3.63) is 46.3 Å². The highest BCUT2D eigenvalue weighted by atomic mass is 79.9. The van der Waals surface area contributed by atoms with E-state index in [9.17, 15) is 4.79 Å².